The Labute approximate surface area is 240 Å². The smallest absolute Gasteiger partial charge is 0.317 e. The van der Waals surface area contributed by atoms with Crippen molar-refractivity contribution < 1.29 is 38.2 Å². The number of nitrogens with zero attached hydrogens (tertiary/aromatic N) is 1. The zero-order valence-electron chi connectivity index (χ0n) is 24.3. The van der Waals surface area contributed by atoms with Gasteiger partial charge in [-0.25, -0.2) is 0 Å². The Hall–Kier alpha value is -2.93. The summed E-state index contributed by atoms with van der Waals surface area (Å²) in [6.45, 7) is 10.8. The number of rotatable bonds is 13. The van der Waals surface area contributed by atoms with Gasteiger partial charge in [-0.05, 0) is 78.8 Å². The van der Waals surface area contributed by atoms with Crippen molar-refractivity contribution in [2.75, 3.05) is 19.6 Å². The number of amides is 4. The molecule has 14 heteroatoms. The van der Waals surface area contributed by atoms with Crippen LogP contribution in [0, 0.1) is 0 Å². The number of nitrogens with two attached hydrogens (primary N) is 1. The summed E-state index contributed by atoms with van der Waals surface area (Å²) in [5, 5.41) is 6.95. The molecule has 1 saturated heterocycles. The largest absolute Gasteiger partial charge is 0.460 e. The molecule has 228 valence electrons. The normalized spacial score (nSPS) is 16.9. The fraction of sp³-hybridized carbons (Fsp3) is 0.769. The number of ether oxygens (including phenoxy) is 2. The molecule has 0 saturated carbocycles. The number of carbonyl (C=O) groups excluding carboxylic acids is 6. The third-order valence-corrected chi connectivity index (χ3v) is 5.82. The van der Waals surface area contributed by atoms with Crippen LogP contribution in [0.4, 0.5) is 4.79 Å². The third-order valence-electron chi connectivity index (χ3n) is 5.61. The van der Waals surface area contributed by atoms with E-state index in [1.54, 1.807) is 41.5 Å². The maximum absolute atomic E-state index is 13.4. The Morgan fingerprint density at radius 3 is 1.82 bits per heavy atom. The monoisotopic (exact) mass is 589 g/mol. The lowest BCUT2D eigenvalue weighted by molar-refractivity contribution is -0.156. The third kappa shape index (κ3) is 13.4. The second kappa shape index (κ2) is 15.8. The van der Waals surface area contributed by atoms with E-state index in [0.29, 0.717) is 19.4 Å². The predicted molar refractivity (Wildman–Crippen MR) is 147 cm³/mol. The van der Waals surface area contributed by atoms with Crippen LogP contribution in [-0.2, 0) is 33.4 Å². The molecule has 40 heavy (non-hydrogen) atoms. The van der Waals surface area contributed by atoms with Crippen molar-refractivity contribution in [2.24, 2.45) is 5.73 Å². The molecule has 3 atom stereocenters. The Bertz CT molecular complexity index is 931. The fourth-order valence-electron chi connectivity index (χ4n) is 3.96. The van der Waals surface area contributed by atoms with Gasteiger partial charge in [-0.2, -0.15) is 0 Å². The minimum absolute atomic E-state index is 0.0824. The van der Waals surface area contributed by atoms with Crippen LogP contribution in [0.15, 0.2) is 0 Å². The van der Waals surface area contributed by atoms with Crippen molar-refractivity contribution in [2.45, 2.75) is 109 Å². The van der Waals surface area contributed by atoms with Crippen LogP contribution >= 0.6 is 11.6 Å². The molecule has 0 aromatic rings. The maximum atomic E-state index is 13.4. The van der Waals surface area contributed by atoms with Crippen molar-refractivity contribution in [3.05, 3.63) is 0 Å². The van der Waals surface area contributed by atoms with Crippen LogP contribution in [0.1, 0.15) is 80.1 Å². The zero-order chi connectivity index (χ0) is 30.7. The average Bonchev–Trinajstić information content (AvgIpc) is 3.31. The van der Waals surface area contributed by atoms with Gasteiger partial charge in [0.2, 0.25) is 17.7 Å². The SMILES string of the molecule is CC(C)(C)OC(=O)CCC(NC(=O)C(CCC(=O)OC(C)(C)C)NC(=O)C1CCCN1C(=O)Cl)C(=O)NCCN. The quantitative estimate of drug-likeness (QED) is 0.139. The summed E-state index contributed by atoms with van der Waals surface area (Å²) < 4.78 is 10.6. The summed E-state index contributed by atoms with van der Waals surface area (Å²) in [5.41, 5.74) is 3.99. The van der Waals surface area contributed by atoms with Crippen LogP contribution in [0.2, 0.25) is 0 Å². The first-order valence-corrected chi connectivity index (χ1v) is 13.8. The van der Waals surface area contributed by atoms with E-state index in [4.69, 9.17) is 26.8 Å². The number of hydrogen-bond acceptors (Lipinski definition) is 9. The van der Waals surface area contributed by atoms with E-state index in [-0.39, 0.29) is 38.8 Å². The topological polar surface area (TPSA) is 186 Å². The maximum Gasteiger partial charge on any atom is 0.317 e. The summed E-state index contributed by atoms with van der Waals surface area (Å²) in [6.07, 6.45) is 0.310. The standard InChI is InChI=1S/C26H44ClN5O8/c1-25(2,3)39-19(33)11-9-16(21(35)29-14-13-28)30-22(36)17(10-12-20(34)40-26(4,5)6)31-23(37)18-8-7-15-32(18)24(27)38/h16-18H,7-15,28H2,1-6H3,(H,29,35)(H,30,36)(H,31,37). The van der Waals surface area contributed by atoms with Gasteiger partial charge in [-0.15, -0.1) is 0 Å². The van der Waals surface area contributed by atoms with E-state index in [1.807, 2.05) is 0 Å². The van der Waals surface area contributed by atoms with E-state index in [0.717, 1.165) is 0 Å². The molecule has 0 aromatic carbocycles. The summed E-state index contributed by atoms with van der Waals surface area (Å²) in [6, 6.07) is -3.28. The van der Waals surface area contributed by atoms with E-state index < -0.39 is 64.4 Å². The van der Waals surface area contributed by atoms with Crippen LogP contribution in [0.25, 0.3) is 0 Å². The van der Waals surface area contributed by atoms with Gasteiger partial charge in [0, 0.05) is 32.5 Å². The molecule has 5 N–H and O–H groups in total. The molecule has 3 unspecified atom stereocenters. The van der Waals surface area contributed by atoms with Crippen LogP contribution in [0.5, 0.6) is 0 Å². The second-order valence-corrected chi connectivity index (χ2v) is 11.9. The summed E-state index contributed by atoms with van der Waals surface area (Å²) in [4.78, 5) is 76.7. The van der Waals surface area contributed by atoms with E-state index in [2.05, 4.69) is 16.0 Å². The lowest BCUT2D eigenvalue weighted by atomic mass is 10.1. The first-order valence-electron chi connectivity index (χ1n) is 13.4. The first kappa shape index (κ1) is 35.1. The molecule has 1 aliphatic rings. The Morgan fingerprint density at radius 2 is 1.38 bits per heavy atom. The van der Waals surface area contributed by atoms with Gasteiger partial charge in [0.15, 0.2) is 0 Å². The number of esters is 2. The fourth-order valence-corrected chi connectivity index (χ4v) is 4.16. The highest BCUT2D eigenvalue weighted by molar-refractivity contribution is 6.63. The Balaban J connectivity index is 3.08. The predicted octanol–water partition coefficient (Wildman–Crippen LogP) is 1.10. The minimum Gasteiger partial charge on any atom is -0.460 e. The van der Waals surface area contributed by atoms with E-state index in [9.17, 15) is 28.8 Å². The molecule has 0 radical (unpaired) electrons. The second-order valence-electron chi connectivity index (χ2n) is 11.6. The first-order chi connectivity index (χ1) is 18.4. The van der Waals surface area contributed by atoms with Gasteiger partial charge < -0.3 is 36.1 Å². The molecule has 0 aliphatic carbocycles. The van der Waals surface area contributed by atoms with Crippen LogP contribution in [-0.4, -0.2) is 88.9 Å². The average molecular weight is 590 g/mol. The van der Waals surface area contributed by atoms with Crippen molar-refractivity contribution in [3.63, 3.8) is 0 Å². The molecule has 0 aromatic heterocycles. The number of likely N-dealkylation sites (tertiary alicyclic amines) is 1. The summed E-state index contributed by atoms with van der Waals surface area (Å²) in [7, 11) is 0. The number of halogens is 1. The van der Waals surface area contributed by atoms with Gasteiger partial charge in [0.05, 0.1) is 0 Å². The highest BCUT2D eigenvalue weighted by Gasteiger charge is 2.36. The molecule has 1 heterocycles. The lowest BCUT2D eigenvalue weighted by Gasteiger charge is -2.27. The number of carbonyl (C=O) groups is 6. The van der Waals surface area contributed by atoms with Crippen molar-refractivity contribution in [1.82, 2.24) is 20.9 Å². The number of nitrogens with one attached hydrogen (secondary N) is 3. The minimum atomic E-state index is -1.25. The van der Waals surface area contributed by atoms with E-state index in [1.165, 1.54) is 4.90 Å². The zero-order valence-corrected chi connectivity index (χ0v) is 25.0. The van der Waals surface area contributed by atoms with Crippen molar-refractivity contribution >= 4 is 46.6 Å². The molecule has 1 aliphatic heterocycles. The molecule has 0 spiro atoms. The van der Waals surface area contributed by atoms with Crippen LogP contribution < -0.4 is 21.7 Å². The van der Waals surface area contributed by atoms with E-state index >= 15 is 0 Å². The highest BCUT2D eigenvalue weighted by Crippen LogP contribution is 2.20. The molecular weight excluding hydrogens is 546 g/mol. The van der Waals surface area contributed by atoms with Crippen molar-refractivity contribution in [1.29, 1.82) is 0 Å². The Kier molecular flexibility index (Phi) is 13.8. The molecule has 13 nitrogen and oxygen atoms in total. The molecule has 1 fully saturated rings. The van der Waals surface area contributed by atoms with Gasteiger partial charge in [0.25, 0.3) is 0 Å². The molecular formula is C26H44ClN5O8. The number of hydrogen-bond donors (Lipinski definition) is 4. The van der Waals surface area contributed by atoms with Gasteiger partial charge in [-0.3, -0.25) is 28.8 Å². The molecule has 1 rings (SSSR count). The summed E-state index contributed by atoms with van der Waals surface area (Å²) >= 11 is 5.61. The Morgan fingerprint density at radius 1 is 0.875 bits per heavy atom. The van der Waals surface area contributed by atoms with Gasteiger partial charge >= 0.3 is 17.3 Å². The highest BCUT2D eigenvalue weighted by atomic mass is 35.5. The lowest BCUT2D eigenvalue weighted by Crippen LogP contribution is -2.56. The summed E-state index contributed by atoms with van der Waals surface area (Å²) in [5.74, 6) is -3.08. The van der Waals surface area contributed by atoms with Gasteiger partial charge in [-0.1, -0.05) is 0 Å². The van der Waals surface area contributed by atoms with Gasteiger partial charge in [0.1, 0.15) is 29.3 Å². The molecule has 0 bridgehead atoms. The van der Waals surface area contributed by atoms with Crippen LogP contribution in [0.3, 0.4) is 0 Å². The van der Waals surface area contributed by atoms with Crippen molar-refractivity contribution in [3.8, 4) is 0 Å². The molecule has 4 amide bonds.